The van der Waals surface area contributed by atoms with Gasteiger partial charge in [0.1, 0.15) is 4.21 Å². The van der Waals surface area contributed by atoms with Gasteiger partial charge in [-0.15, -0.1) is 11.3 Å². The van der Waals surface area contributed by atoms with Gasteiger partial charge in [0.05, 0.1) is 4.34 Å². The number of pyridine rings is 1. The molecule has 2 aromatic heterocycles. The van der Waals surface area contributed by atoms with E-state index in [1.807, 2.05) is 32.9 Å². The minimum Gasteiger partial charge on any atom is -0.337 e. The number of hydrogen-bond donors (Lipinski definition) is 2. The first kappa shape index (κ1) is 24.9. The molecule has 2 amide bonds. The number of aromatic nitrogens is 1. The van der Waals surface area contributed by atoms with E-state index >= 15 is 0 Å². The Bertz CT molecular complexity index is 1020. The summed E-state index contributed by atoms with van der Waals surface area (Å²) in [7, 11) is -3.53. The number of aryl methyl sites for hydroxylation is 2. The van der Waals surface area contributed by atoms with Crippen molar-refractivity contribution >= 4 is 44.7 Å². The Balaban J connectivity index is 1.44. The Kier molecular flexibility index (Phi) is 8.51. The molecule has 1 aliphatic heterocycles. The van der Waals surface area contributed by atoms with Crippen LogP contribution in [-0.4, -0.2) is 67.4 Å². The van der Waals surface area contributed by atoms with E-state index in [1.54, 1.807) is 16.4 Å². The van der Waals surface area contributed by atoms with E-state index in [0.717, 1.165) is 54.3 Å². The third-order valence-corrected chi connectivity index (χ3v) is 9.17. The van der Waals surface area contributed by atoms with Gasteiger partial charge in [0.2, 0.25) is 0 Å². The number of thiophene rings is 1. The standard InChI is InChI=1S/C21H30ClN5O3S2/c1-4-27(32(29,30)20-6-5-19(22)31-20)18-7-10-26(11-8-18)12-9-23-21(28)25-17-13-15(2)24-16(3)14-17/h5-6,13-14,18H,4,7-12H2,1-3H3,(H2,23,24,25,28). The number of carbonyl (C=O) groups is 1. The van der Waals surface area contributed by atoms with Crippen molar-refractivity contribution in [2.75, 3.05) is 38.0 Å². The summed E-state index contributed by atoms with van der Waals surface area (Å²) in [5, 5.41) is 5.72. The maximum atomic E-state index is 13.0. The molecular formula is C21H30ClN5O3S2. The van der Waals surface area contributed by atoms with Crippen molar-refractivity contribution < 1.29 is 13.2 Å². The van der Waals surface area contributed by atoms with Crippen molar-refractivity contribution in [1.29, 1.82) is 0 Å². The first-order chi connectivity index (χ1) is 15.2. The van der Waals surface area contributed by atoms with Gasteiger partial charge < -0.3 is 15.5 Å². The predicted octanol–water partition coefficient (Wildman–Crippen LogP) is 3.71. The fraction of sp³-hybridized carbons (Fsp3) is 0.524. The molecule has 32 heavy (non-hydrogen) atoms. The first-order valence-corrected chi connectivity index (χ1v) is 13.3. The van der Waals surface area contributed by atoms with E-state index in [1.165, 1.54) is 0 Å². The zero-order chi connectivity index (χ0) is 23.3. The monoisotopic (exact) mass is 499 g/mol. The molecule has 0 radical (unpaired) electrons. The largest absolute Gasteiger partial charge is 0.337 e. The summed E-state index contributed by atoms with van der Waals surface area (Å²) in [5.74, 6) is 0. The molecule has 3 rings (SSSR count). The second kappa shape index (κ2) is 10.9. The molecule has 0 saturated carbocycles. The molecule has 2 N–H and O–H groups in total. The molecule has 0 bridgehead atoms. The van der Waals surface area contributed by atoms with Gasteiger partial charge in [-0.3, -0.25) is 4.98 Å². The number of urea groups is 1. The molecule has 11 heteroatoms. The van der Waals surface area contributed by atoms with E-state index in [2.05, 4.69) is 20.5 Å². The van der Waals surface area contributed by atoms with Crippen LogP contribution in [0.5, 0.6) is 0 Å². The lowest BCUT2D eigenvalue weighted by atomic mass is 10.1. The van der Waals surface area contributed by atoms with Crippen LogP contribution in [0.2, 0.25) is 4.34 Å². The Hall–Kier alpha value is -1.72. The molecule has 0 unspecified atom stereocenters. The number of hydrogen-bond acceptors (Lipinski definition) is 6. The summed E-state index contributed by atoms with van der Waals surface area (Å²) < 4.78 is 28.4. The van der Waals surface area contributed by atoms with Crippen LogP contribution in [0.15, 0.2) is 28.5 Å². The fourth-order valence-corrected chi connectivity index (χ4v) is 7.32. The second-order valence-corrected chi connectivity index (χ2v) is 11.7. The highest BCUT2D eigenvalue weighted by molar-refractivity contribution is 7.91. The SMILES string of the molecule is CCN(C1CCN(CCNC(=O)Nc2cc(C)nc(C)c2)CC1)S(=O)(=O)c1ccc(Cl)s1. The van der Waals surface area contributed by atoms with Gasteiger partial charge in [-0.05, 0) is 64.0 Å². The quantitative estimate of drug-likeness (QED) is 0.577. The lowest BCUT2D eigenvalue weighted by molar-refractivity contribution is 0.162. The fourth-order valence-electron chi connectivity index (χ4n) is 4.02. The number of amides is 2. The topological polar surface area (TPSA) is 94.6 Å². The van der Waals surface area contributed by atoms with Gasteiger partial charge in [-0.1, -0.05) is 18.5 Å². The van der Waals surface area contributed by atoms with Crippen molar-refractivity contribution in [3.8, 4) is 0 Å². The average molecular weight is 500 g/mol. The molecule has 2 aromatic rings. The minimum atomic E-state index is -3.53. The van der Waals surface area contributed by atoms with Gasteiger partial charge in [0.25, 0.3) is 10.0 Å². The molecule has 1 fully saturated rings. The second-order valence-electron chi connectivity index (χ2n) is 7.86. The molecule has 1 saturated heterocycles. The van der Waals surface area contributed by atoms with Crippen molar-refractivity contribution in [3.05, 3.63) is 40.0 Å². The lowest BCUT2D eigenvalue weighted by Crippen LogP contribution is -2.48. The zero-order valence-corrected chi connectivity index (χ0v) is 21.0. The Labute approximate surface area is 199 Å². The highest BCUT2D eigenvalue weighted by Gasteiger charge is 2.33. The molecule has 8 nitrogen and oxygen atoms in total. The van der Waals surface area contributed by atoms with Gasteiger partial charge in [-0.2, -0.15) is 4.31 Å². The number of carbonyl (C=O) groups excluding carboxylic acids is 1. The van der Waals surface area contributed by atoms with Crippen LogP contribution in [0.25, 0.3) is 0 Å². The summed E-state index contributed by atoms with van der Waals surface area (Å²) in [6.45, 7) is 8.88. The number of anilines is 1. The number of sulfonamides is 1. The van der Waals surface area contributed by atoms with Crippen LogP contribution < -0.4 is 10.6 Å². The van der Waals surface area contributed by atoms with Crippen LogP contribution >= 0.6 is 22.9 Å². The Morgan fingerprint density at radius 2 is 1.91 bits per heavy atom. The summed E-state index contributed by atoms with van der Waals surface area (Å²) >= 11 is 7.04. The third kappa shape index (κ3) is 6.41. The van der Waals surface area contributed by atoms with Crippen LogP contribution in [0.1, 0.15) is 31.2 Å². The maximum Gasteiger partial charge on any atom is 0.319 e. The van der Waals surface area contributed by atoms with Gasteiger partial charge in [0, 0.05) is 42.8 Å². The molecular weight excluding hydrogens is 470 g/mol. The van der Waals surface area contributed by atoms with Crippen LogP contribution in [0.4, 0.5) is 10.5 Å². The van der Waals surface area contributed by atoms with Gasteiger partial charge in [0.15, 0.2) is 0 Å². The van der Waals surface area contributed by atoms with E-state index < -0.39 is 10.0 Å². The smallest absolute Gasteiger partial charge is 0.319 e. The summed E-state index contributed by atoms with van der Waals surface area (Å²) in [6, 6.07) is 6.57. The average Bonchev–Trinajstić information content (AvgIpc) is 3.16. The summed E-state index contributed by atoms with van der Waals surface area (Å²) in [5.41, 5.74) is 2.43. The molecule has 0 aliphatic carbocycles. The van der Waals surface area contributed by atoms with Gasteiger partial charge >= 0.3 is 6.03 Å². The van der Waals surface area contributed by atoms with E-state index in [9.17, 15) is 13.2 Å². The third-order valence-electron chi connectivity index (χ3n) is 5.44. The number of rotatable bonds is 8. The zero-order valence-electron chi connectivity index (χ0n) is 18.6. The summed E-state index contributed by atoms with van der Waals surface area (Å²) in [6.07, 6.45) is 1.52. The predicted molar refractivity (Wildman–Crippen MR) is 129 cm³/mol. The number of nitrogens with one attached hydrogen (secondary N) is 2. The highest BCUT2D eigenvalue weighted by atomic mass is 35.5. The van der Waals surface area contributed by atoms with Crippen molar-refractivity contribution in [1.82, 2.24) is 19.5 Å². The highest BCUT2D eigenvalue weighted by Crippen LogP contribution is 2.30. The Morgan fingerprint density at radius 3 is 2.47 bits per heavy atom. The number of halogens is 1. The molecule has 176 valence electrons. The first-order valence-electron chi connectivity index (χ1n) is 10.7. The summed E-state index contributed by atoms with van der Waals surface area (Å²) in [4.78, 5) is 18.7. The van der Waals surface area contributed by atoms with E-state index in [0.29, 0.717) is 28.2 Å². The normalized spacial score (nSPS) is 15.8. The van der Waals surface area contributed by atoms with E-state index in [-0.39, 0.29) is 12.1 Å². The van der Waals surface area contributed by atoms with Crippen LogP contribution in [0.3, 0.4) is 0 Å². The molecule has 1 aliphatic rings. The van der Waals surface area contributed by atoms with Crippen molar-refractivity contribution in [3.63, 3.8) is 0 Å². The van der Waals surface area contributed by atoms with Crippen LogP contribution in [-0.2, 0) is 10.0 Å². The molecule has 0 atom stereocenters. The molecule has 0 spiro atoms. The lowest BCUT2D eigenvalue weighted by Gasteiger charge is -2.37. The molecule has 0 aromatic carbocycles. The minimum absolute atomic E-state index is 0.0310. The van der Waals surface area contributed by atoms with Gasteiger partial charge in [-0.25, -0.2) is 13.2 Å². The van der Waals surface area contributed by atoms with Crippen LogP contribution in [0, 0.1) is 13.8 Å². The number of likely N-dealkylation sites (tertiary alicyclic amines) is 1. The van der Waals surface area contributed by atoms with Crippen molar-refractivity contribution in [2.24, 2.45) is 0 Å². The molecule has 3 heterocycles. The van der Waals surface area contributed by atoms with E-state index in [4.69, 9.17) is 11.6 Å². The number of nitrogens with zero attached hydrogens (tertiary/aromatic N) is 3. The Morgan fingerprint density at radius 1 is 1.25 bits per heavy atom. The maximum absolute atomic E-state index is 13.0. The van der Waals surface area contributed by atoms with Crippen molar-refractivity contribution in [2.45, 2.75) is 43.9 Å². The number of piperidine rings is 1.